The summed E-state index contributed by atoms with van der Waals surface area (Å²) in [7, 11) is 0. The molecule has 0 aromatic rings. The van der Waals surface area contributed by atoms with Crippen molar-refractivity contribution in [2.45, 2.75) is 18.9 Å². The number of aliphatic hydroxyl groups is 1. The zero-order chi connectivity index (χ0) is 11.4. The van der Waals surface area contributed by atoms with Gasteiger partial charge in [0.25, 0.3) is 0 Å². The zero-order valence-corrected chi connectivity index (χ0v) is 9.69. The van der Waals surface area contributed by atoms with E-state index in [1.54, 1.807) is 0 Å². The number of rotatable bonds is 2. The number of aliphatic hydroxyl groups excluding tert-OH is 1. The topological polar surface area (TPSA) is 55.8 Å². The molecule has 0 bridgehead atoms. The van der Waals surface area contributed by atoms with Crippen LogP contribution in [0, 0.1) is 0 Å². The van der Waals surface area contributed by atoms with Crippen molar-refractivity contribution in [2.24, 2.45) is 0 Å². The van der Waals surface area contributed by atoms with E-state index in [0.717, 1.165) is 45.6 Å². The van der Waals surface area contributed by atoms with E-state index in [-0.39, 0.29) is 12.0 Å². The highest BCUT2D eigenvalue weighted by molar-refractivity contribution is 5.78. The van der Waals surface area contributed by atoms with Gasteiger partial charge in [-0.2, -0.15) is 0 Å². The van der Waals surface area contributed by atoms with Crippen LogP contribution < -0.4 is 5.32 Å². The van der Waals surface area contributed by atoms with Crippen molar-refractivity contribution in [1.82, 2.24) is 15.1 Å². The molecule has 0 spiro atoms. The Morgan fingerprint density at radius 2 is 2.06 bits per heavy atom. The number of hydrogen-bond acceptors (Lipinski definition) is 4. The Bertz CT molecular complexity index is 241. The van der Waals surface area contributed by atoms with Crippen molar-refractivity contribution in [2.75, 3.05) is 45.8 Å². The molecule has 2 aliphatic rings. The van der Waals surface area contributed by atoms with E-state index in [2.05, 4.69) is 10.2 Å². The molecular formula is C11H21N3O2. The molecule has 0 saturated carbocycles. The Labute approximate surface area is 96.4 Å². The largest absolute Gasteiger partial charge is 0.392 e. The Morgan fingerprint density at radius 1 is 1.31 bits per heavy atom. The first kappa shape index (κ1) is 11.8. The number of piperazine rings is 1. The molecule has 2 saturated heterocycles. The average Bonchev–Trinajstić information content (AvgIpc) is 2.30. The third-order valence-corrected chi connectivity index (χ3v) is 3.31. The summed E-state index contributed by atoms with van der Waals surface area (Å²) in [6.45, 7) is 5.48. The molecule has 0 aromatic carbocycles. The van der Waals surface area contributed by atoms with Gasteiger partial charge in [-0.25, -0.2) is 0 Å². The maximum atomic E-state index is 11.9. The molecule has 0 aliphatic carbocycles. The molecule has 2 N–H and O–H groups in total. The number of nitrogens with zero attached hydrogens (tertiary/aromatic N) is 2. The summed E-state index contributed by atoms with van der Waals surface area (Å²) in [5.74, 6) is 0.204. The highest BCUT2D eigenvalue weighted by Crippen LogP contribution is 2.09. The van der Waals surface area contributed by atoms with Crippen molar-refractivity contribution in [3.8, 4) is 0 Å². The predicted molar refractivity (Wildman–Crippen MR) is 61.1 cm³/mol. The second-order valence-electron chi connectivity index (χ2n) is 4.66. The first-order chi connectivity index (χ1) is 7.75. The van der Waals surface area contributed by atoms with Crippen LogP contribution in [0.15, 0.2) is 0 Å². The van der Waals surface area contributed by atoms with E-state index in [1.807, 2.05) is 4.90 Å². The number of piperidine rings is 1. The fraction of sp³-hybridized carbons (Fsp3) is 0.909. The molecule has 1 amide bonds. The molecule has 2 aliphatic heterocycles. The molecule has 0 aromatic heterocycles. The van der Waals surface area contributed by atoms with Crippen molar-refractivity contribution in [3.63, 3.8) is 0 Å². The molecule has 1 unspecified atom stereocenters. The molecule has 1 atom stereocenters. The standard InChI is InChI=1S/C11H21N3O2/c15-10-2-1-5-13(8-10)9-11(16)14-6-3-12-4-7-14/h10,12,15H,1-9H2. The summed E-state index contributed by atoms with van der Waals surface area (Å²) >= 11 is 0. The van der Waals surface area contributed by atoms with Gasteiger partial charge >= 0.3 is 0 Å². The minimum absolute atomic E-state index is 0.204. The van der Waals surface area contributed by atoms with Gasteiger partial charge < -0.3 is 15.3 Å². The minimum Gasteiger partial charge on any atom is -0.392 e. The second-order valence-corrected chi connectivity index (χ2v) is 4.66. The lowest BCUT2D eigenvalue weighted by Gasteiger charge is -2.33. The SMILES string of the molecule is O=C(CN1CCCC(O)C1)N1CCNCC1. The Balaban J connectivity index is 1.77. The quantitative estimate of drug-likeness (QED) is 0.627. The average molecular weight is 227 g/mol. The number of hydrogen-bond donors (Lipinski definition) is 2. The lowest BCUT2D eigenvalue weighted by molar-refractivity contribution is -0.133. The minimum atomic E-state index is -0.246. The van der Waals surface area contributed by atoms with Crippen LogP contribution in [-0.4, -0.2) is 72.7 Å². The number of carbonyl (C=O) groups is 1. The summed E-state index contributed by atoms with van der Waals surface area (Å²) in [6, 6.07) is 0. The molecule has 92 valence electrons. The van der Waals surface area contributed by atoms with Gasteiger partial charge in [0.05, 0.1) is 12.6 Å². The van der Waals surface area contributed by atoms with E-state index in [9.17, 15) is 9.90 Å². The third-order valence-electron chi connectivity index (χ3n) is 3.31. The molecule has 2 fully saturated rings. The van der Waals surface area contributed by atoms with Crippen molar-refractivity contribution < 1.29 is 9.90 Å². The first-order valence-electron chi connectivity index (χ1n) is 6.14. The van der Waals surface area contributed by atoms with Crippen LogP contribution >= 0.6 is 0 Å². The maximum absolute atomic E-state index is 11.9. The van der Waals surface area contributed by atoms with Crippen LogP contribution in [0.1, 0.15) is 12.8 Å². The van der Waals surface area contributed by atoms with Crippen molar-refractivity contribution in [3.05, 3.63) is 0 Å². The van der Waals surface area contributed by atoms with E-state index >= 15 is 0 Å². The van der Waals surface area contributed by atoms with Gasteiger partial charge in [-0.05, 0) is 19.4 Å². The fourth-order valence-electron chi connectivity index (χ4n) is 2.38. The number of β-amino-alcohol motifs (C(OH)–C–C–N with tert-alkyl or cyclic N) is 1. The highest BCUT2D eigenvalue weighted by atomic mass is 16.3. The molecule has 2 heterocycles. The monoisotopic (exact) mass is 227 g/mol. The van der Waals surface area contributed by atoms with Crippen LogP contribution in [-0.2, 0) is 4.79 Å². The van der Waals surface area contributed by atoms with E-state index in [0.29, 0.717) is 13.1 Å². The van der Waals surface area contributed by atoms with E-state index in [4.69, 9.17) is 0 Å². The van der Waals surface area contributed by atoms with Gasteiger partial charge in [-0.3, -0.25) is 9.69 Å². The Hall–Kier alpha value is -0.650. The van der Waals surface area contributed by atoms with E-state index in [1.165, 1.54) is 0 Å². The summed E-state index contributed by atoms with van der Waals surface area (Å²) in [6.07, 6.45) is 1.62. The predicted octanol–water partition coefficient (Wildman–Crippen LogP) is -1.13. The zero-order valence-electron chi connectivity index (χ0n) is 9.69. The second kappa shape index (κ2) is 5.61. The van der Waals surface area contributed by atoms with E-state index < -0.39 is 0 Å². The van der Waals surface area contributed by atoms with Crippen LogP contribution in [0.5, 0.6) is 0 Å². The van der Waals surface area contributed by atoms with Crippen molar-refractivity contribution in [1.29, 1.82) is 0 Å². The third kappa shape index (κ3) is 3.17. The molecule has 0 radical (unpaired) electrons. The van der Waals surface area contributed by atoms with Gasteiger partial charge in [-0.15, -0.1) is 0 Å². The summed E-state index contributed by atoms with van der Waals surface area (Å²) in [5, 5.41) is 12.8. The number of carbonyl (C=O) groups excluding carboxylic acids is 1. The molecule has 5 heteroatoms. The maximum Gasteiger partial charge on any atom is 0.236 e. The van der Waals surface area contributed by atoms with Crippen LogP contribution in [0.4, 0.5) is 0 Å². The van der Waals surface area contributed by atoms with Crippen LogP contribution in [0.25, 0.3) is 0 Å². The summed E-state index contributed by atoms with van der Waals surface area (Å²) in [4.78, 5) is 15.9. The lowest BCUT2D eigenvalue weighted by atomic mass is 10.1. The smallest absolute Gasteiger partial charge is 0.236 e. The normalized spacial score (nSPS) is 28.1. The van der Waals surface area contributed by atoms with Gasteiger partial charge in [0.15, 0.2) is 0 Å². The van der Waals surface area contributed by atoms with Crippen LogP contribution in [0.3, 0.4) is 0 Å². The number of likely N-dealkylation sites (tertiary alicyclic amines) is 1. The Morgan fingerprint density at radius 3 is 2.75 bits per heavy atom. The van der Waals surface area contributed by atoms with Crippen LogP contribution in [0.2, 0.25) is 0 Å². The molecular weight excluding hydrogens is 206 g/mol. The highest BCUT2D eigenvalue weighted by Gasteiger charge is 2.22. The first-order valence-corrected chi connectivity index (χ1v) is 6.14. The summed E-state index contributed by atoms with van der Waals surface area (Å²) in [5.41, 5.74) is 0. The Kier molecular flexibility index (Phi) is 4.15. The summed E-state index contributed by atoms with van der Waals surface area (Å²) < 4.78 is 0. The fourth-order valence-corrected chi connectivity index (χ4v) is 2.38. The molecule has 2 rings (SSSR count). The number of nitrogens with one attached hydrogen (secondary N) is 1. The molecule has 16 heavy (non-hydrogen) atoms. The van der Waals surface area contributed by atoms with Crippen molar-refractivity contribution >= 4 is 5.91 Å². The van der Waals surface area contributed by atoms with Gasteiger partial charge in [0, 0.05) is 32.7 Å². The van der Waals surface area contributed by atoms with Gasteiger partial charge in [0.2, 0.25) is 5.91 Å². The lowest BCUT2D eigenvalue weighted by Crippen LogP contribution is -2.51. The van der Waals surface area contributed by atoms with Gasteiger partial charge in [0.1, 0.15) is 0 Å². The number of amides is 1. The van der Waals surface area contributed by atoms with Gasteiger partial charge in [-0.1, -0.05) is 0 Å². The molecule has 5 nitrogen and oxygen atoms in total.